The molecule has 1 amide bonds. The van der Waals surface area contributed by atoms with E-state index in [1.54, 1.807) is 13.8 Å². The molecule has 0 aliphatic heterocycles. The smallest absolute Gasteiger partial charge is 0.227 e. The van der Waals surface area contributed by atoms with E-state index in [0.29, 0.717) is 13.0 Å². The minimum atomic E-state index is -0.636. The fraction of sp³-hybridized carbons (Fsp3) is 0.800. The van der Waals surface area contributed by atoms with Crippen LogP contribution in [0.5, 0.6) is 0 Å². The standard InChI is InChI=1S/C10H19N3O/c1-9(2,10(3,4)12)8(14)13-7-5-6-11/h5,7,12H2,1-4H3,(H,13,14). The van der Waals surface area contributed by atoms with E-state index in [4.69, 9.17) is 11.0 Å². The molecule has 0 atom stereocenters. The van der Waals surface area contributed by atoms with E-state index in [2.05, 4.69) is 5.32 Å². The van der Waals surface area contributed by atoms with Crippen LogP contribution < -0.4 is 11.1 Å². The molecular weight excluding hydrogens is 178 g/mol. The molecule has 0 spiro atoms. The number of nitriles is 1. The molecule has 0 radical (unpaired) electrons. The number of carbonyl (C=O) groups is 1. The second-order valence-corrected chi connectivity index (χ2v) is 4.51. The quantitative estimate of drug-likeness (QED) is 0.654. The monoisotopic (exact) mass is 197 g/mol. The molecule has 80 valence electrons. The largest absolute Gasteiger partial charge is 0.355 e. The van der Waals surface area contributed by atoms with Gasteiger partial charge in [-0.2, -0.15) is 5.26 Å². The van der Waals surface area contributed by atoms with Crippen molar-refractivity contribution in [2.24, 2.45) is 11.1 Å². The van der Waals surface area contributed by atoms with Gasteiger partial charge in [0.1, 0.15) is 0 Å². The topological polar surface area (TPSA) is 78.9 Å². The lowest BCUT2D eigenvalue weighted by Crippen LogP contribution is -2.55. The van der Waals surface area contributed by atoms with Crippen molar-refractivity contribution in [3.05, 3.63) is 0 Å². The summed E-state index contributed by atoms with van der Waals surface area (Å²) in [4.78, 5) is 11.7. The number of amides is 1. The van der Waals surface area contributed by atoms with Gasteiger partial charge < -0.3 is 11.1 Å². The lowest BCUT2D eigenvalue weighted by molar-refractivity contribution is -0.132. The summed E-state index contributed by atoms with van der Waals surface area (Å²) in [6.45, 7) is 7.62. The van der Waals surface area contributed by atoms with Crippen molar-refractivity contribution >= 4 is 5.91 Å². The van der Waals surface area contributed by atoms with Gasteiger partial charge in [0, 0.05) is 12.1 Å². The van der Waals surface area contributed by atoms with E-state index in [0.717, 1.165) is 0 Å². The SMILES string of the molecule is CC(C)(N)C(C)(C)C(=O)NCCC#N. The maximum atomic E-state index is 11.7. The van der Waals surface area contributed by atoms with Crippen molar-refractivity contribution in [2.45, 2.75) is 39.7 Å². The Bertz CT molecular complexity index is 245. The molecule has 4 heteroatoms. The first-order chi connectivity index (χ1) is 6.23. The summed E-state index contributed by atoms with van der Waals surface area (Å²) in [6, 6.07) is 1.97. The number of nitrogens with zero attached hydrogens (tertiary/aromatic N) is 1. The zero-order valence-corrected chi connectivity index (χ0v) is 9.35. The Morgan fingerprint density at radius 3 is 2.29 bits per heavy atom. The van der Waals surface area contributed by atoms with Gasteiger partial charge in [0.05, 0.1) is 17.9 Å². The number of hydrogen-bond donors (Lipinski definition) is 2. The van der Waals surface area contributed by atoms with E-state index in [9.17, 15) is 4.79 Å². The van der Waals surface area contributed by atoms with E-state index in [-0.39, 0.29) is 5.91 Å². The van der Waals surface area contributed by atoms with Crippen LogP contribution in [0.4, 0.5) is 0 Å². The van der Waals surface area contributed by atoms with Gasteiger partial charge in [-0.1, -0.05) is 0 Å². The van der Waals surface area contributed by atoms with Gasteiger partial charge in [0.25, 0.3) is 0 Å². The van der Waals surface area contributed by atoms with Crippen molar-refractivity contribution in [3.8, 4) is 6.07 Å². The molecule has 0 heterocycles. The van der Waals surface area contributed by atoms with Crippen LogP contribution in [0.25, 0.3) is 0 Å². The Balaban J connectivity index is 4.32. The second-order valence-electron chi connectivity index (χ2n) is 4.51. The molecule has 0 aromatic rings. The maximum absolute atomic E-state index is 11.7. The number of hydrogen-bond acceptors (Lipinski definition) is 3. The third-order valence-electron chi connectivity index (χ3n) is 2.70. The third kappa shape index (κ3) is 3.00. The summed E-state index contributed by atoms with van der Waals surface area (Å²) >= 11 is 0. The highest BCUT2D eigenvalue weighted by atomic mass is 16.2. The lowest BCUT2D eigenvalue weighted by Gasteiger charge is -2.36. The predicted molar refractivity (Wildman–Crippen MR) is 55.3 cm³/mol. The molecule has 0 saturated heterocycles. The molecule has 0 bridgehead atoms. The highest BCUT2D eigenvalue weighted by Crippen LogP contribution is 2.28. The molecular formula is C10H19N3O. The van der Waals surface area contributed by atoms with Crippen LogP contribution in [0, 0.1) is 16.7 Å². The van der Waals surface area contributed by atoms with Crippen LogP contribution in [0.1, 0.15) is 34.1 Å². The Labute approximate surface area is 85.5 Å². The van der Waals surface area contributed by atoms with E-state index < -0.39 is 11.0 Å². The summed E-state index contributed by atoms with van der Waals surface area (Å²) in [6.07, 6.45) is 0.326. The van der Waals surface area contributed by atoms with E-state index in [1.807, 2.05) is 19.9 Å². The minimum absolute atomic E-state index is 0.111. The van der Waals surface area contributed by atoms with Crippen molar-refractivity contribution in [2.75, 3.05) is 6.54 Å². The van der Waals surface area contributed by atoms with Gasteiger partial charge in [0.15, 0.2) is 0 Å². The molecule has 0 saturated carbocycles. The summed E-state index contributed by atoms with van der Waals surface area (Å²) < 4.78 is 0. The summed E-state index contributed by atoms with van der Waals surface area (Å²) in [5.41, 5.74) is 4.68. The van der Waals surface area contributed by atoms with Crippen LogP contribution >= 0.6 is 0 Å². The fourth-order valence-corrected chi connectivity index (χ4v) is 0.746. The van der Waals surface area contributed by atoms with Gasteiger partial charge in [-0.25, -0.2) is 0 Å². The number of carbonyl (C=O) groups excluding carboxylic acids is 1. The van der Waals surface area contributed by atoms with Crippen LogP contribution in [-0.2, 0) is 4.79 Å². The molecule has 0 aliphatic rings. The summed E-state index contributed by atoms with van der Waals surface area (Å²) in [5.74, 6) is -0.111. The Morgan fingerprint density at radius 2 is 1.93 bits per heavy atom. The van der Waals surface area contributed by atoms with Crippen molar-refractivity contribution < 1.29 is 4.79 Å². The number of rotatable bonds is 4. The first kappa shape index (κ1) is 12.9. The fourth-order valence-electron chi connectivity index (χ4n) is 0.746. The summed E-state index contributed by atoms with van der Waals surface area (Å²) in [5, 5.41) is 11.0. The average Bonchev–Trinajstić information content (AvgIpc) is 2.02. The van der Waals surface area contributed by atoms with Crippen LogP contribution in [-0.4, -0.2) is 18.0 Å². The number of nitrogens with one attached hydrogen (secondary N) is 1. The van der Waals surface area contributed by atoms with Crippen LogP contribution in [0.2, 0.25) is 0 Å². The van der Waals surface area contributed by atoms with Gasteiger partial charge in [-0.05, 0) is 27.7 Å². The van der Waals surface area contributed by atoms with E-state index in [1.165, 1.54) is 0 Å². The molecule has 0 aromatic carbocycles. The second kappa shape index (κ2) is 4.43. The van der Waals surface area contributed by atoms with Gasteiger partial charge >= 0.3 is 0 Å². The molecule has 3 N–H and O–H groups in total. The zero-order chi connectivity index (χ0) is 11.4. The van der Waals surface area contributed by atoms with Crippen molar-refractivity contribution in [3.63, 3.8) is 0 Å². The van der Waals surface area contributed by atoms with Crippen molar-refractivity contribution in [1.29, 1.82) is 5.26 Å². The number of nitrogens with two attached hydrogens (primary N) is 1. The minimum Gasteiger partial charge on any atom is -0.355 e. The van der Waals surface area contributed by atoms with Gasteiger partial charge in [0.2, 0.25) is 5.91 Å². The lowest BCUT2D eigenvalue weighted by atomic mass is 9.74. The molecule has 4 nitrogen and oxygen atoms in total. The molecule has 14 heavy (non-hydrogen) atoms. The predicted octanol–water partition coefficient (Wildman–Crippen LogP) is 0.780. The first-order valence-electron chi connectivity index (χ1n) is 4.67. The maximum Gasteiger partial charge on any atom is 0.227 e. The Hall–Kier alpha value is -1.08. The highest BCUT2D eigenvalue weighted by Gasteiger charge is 2.39. The molecule has 0 aromatic heterocycles. The molecule has 0 fully saturated rings. The third-order valence-corrected chi connectivity index (χ3v) is 2.70. The molecule has 0 rings (SSSR count). The van der Waals surface area contributed by atoms with Gasteiger partial charge in [-0.3, -0.25) is 4.79 Å². The molecule has 0 aliphatic carbocycles. The average molecular weight is 197 g/mol. The summed E-state index contributed by atoms with van der Waals surface area (Å²) in [7, 11) is 0. The normalized spacial score (nSPS) is 12.0. The van der Waals surface area contributed by atoms with E-state index >= 15 is 0 Å². The Morgan fingerprint density at radius 1 is 1.43 bits per heavy atom. The van der Waals surface area contributed by atoms with Crippen molar-refractivity contribution in [1.82, 2.24) is 5.32 Å². The van der Waals surface area contributed by atoms with Crippen LogP contribution in [0.15, 0.2) is 0 Å². The Kier molecular flexibility index (Phi) is 4.08. The highest BCUT2D eigenvalue weighted by molar-refractivity contribution is 5.83. The zero-order valence-electron chi connectivity index (χ0n) is 9.35. The molecule has 0 unspecified atom stereocenters. The first-order valence-corrected chi connectivity index (χ1v) is 4.67. The van der Waals surface area contributed by atoms with Crippen LogP contribution in [0.3, 0.4) is 0 Å². The van der Waals surface area contributed by atoms with Gasteiger partial charge in [-0.15, -0.1) is 0 Å².